The number of benzene rings is 2. The van der Waals surface area contributed by atoms with Crippen molar-refractivity contribution >= 4 is 60.4 Å². The summed E-state index contributed by atoms with van der Waals surface area (Å²) in [6.07, 6.45) is 13.2. The zero-order chi connectivity index (χ0) is 31.2. The topological polar surface area (TPSA) is 143 Å². The summed E-state index contributed by atoms with van der Waals surface area (Å²) >= 11 is 12.0. The highest BCUT2D eigenvalue weighted by atomic mass is 35.5. The Morgan fingerprint density at radius 3 is 1.79 bits per heavy atom. The second-order valence-corrected chi connectivity index (χ2v) is 15.9. The molecule has 2 aromatic rings. The Labute approximate surface area is 257 Å². The fraction of sp³-hybridized carbons (Fsp3) is 0.467. The van der Waals surface area contributed by atoms with Crippen LogP contribution in [-0.2, 0) is 29.3 Å². The van der Waals surface area contributed by atoms with Gasteiger partial charge in [-0.25, -0.2) is 21.6 Å². The van der Waals surface area contributed by atoms with Gasteiger partial charge in [-0.05, 0) is 66.5 Å². The number of sulfone groups is 2. The van der Waals surface area contributed by atoms with Gasteiger partial charge < -0.3 is 10.2 Å². The first kappa shape index (κ1) is 34.1. The van der Waals surface area contributed by atoms with Crippen molar-refractivity contribution in [1.29, 1.82) is 0 Å². The van der Waals surface area contributed by atoms with Crippen LogP contribution in [0.2, 0.25) is 10.0 Å². The van der Waals surface area contributed by atoms with Crippen LogP contribution in [0.4, 0.5) is 0 Å². The number of carboxylic acid groups (broad SMARTS) is 2. The van der Waals surface area contributed by atoms with Gasteiger partial charge in [0.1, 0.15) is 0 Å². The molecule has 0 amide bonds. The molecule has 12 heteroatoms. The van der Waals surface area contributed by atoms with Gasteiger partial charge in [0, 0.05) is 12.5 Å². The molecule has 2 saturated carbocycles. The van der Waals surface area contributed by atoms with E-state index in [9.17, 15) is 36.6 Å². The Morgan fingerprint density at radius 1 is 0.833 bits per heavy atom. The summed E-state index contributed by atoms with van der Waals surface area (Å²) in [4.78, 5) is 23.0. The molecule has 0 radical (unpaired) electrons. The highest BCUT2D eigenvalue weighted by molar-refractivity contribution is 7.91. The van der Waals surface area contributed by atoms with Gasteiger partial charge in [0.15, 0.2) is 19.7 Å². The first-order valence-electron chi connectivity index (χ1n) is 13.7. The van der Waals surface area contributed by atoms with Crippen LogP contribution in [0.3, 0.4) is 0 Å². The van der Waals surface area contributed by atoms with Crippen molar-refractivity contribution in [3.63, 3.8) is 0 Å². The largest absolute Gasteiger partial charge is 0.481 e. The van der Waals surface area contributed by atoms with Gasteiger partial charge in [0.2, 0.25) is 0 Å². The van der Waals surface area contributed by atoms with Crippen LogP contribution in [-0.4, -0.2) is 51.5 Å². The summed E-state index contributed by atoms with van der Waals surface area (Å²) in [5.41, 5.74) is 1.20. The van der Waals surface area contributed by atoms with E-state index in [0.29, 0.717) is 23.5 Å². The van der Waals surface area contributed by atoms with Crippen molar-refractivity contribution < 1.29 is 36.6 Å². The van der Waals surface area contributed by atoms with E-state index in [0.717, 1.165) is 63.9 Å². The number of halogens is 2. The van der Waals surface area contributed by atoms with E-state index in [1.165, 1.54) is 30.3 Å². The number of hydrogen-bond donors (Lipinski definition) is 2. The molecule has 2 aliphatic rings. The normalized spacial score (nSPS) is 17.5. The summed E-state index contributed by atoms with van der Waals surface area (Å²) in [5.74, 6) is -1.83. The van der Waals surface area contributed by atoms with E-state index in [1.807, 2.05) is 0 Å². The smallest absolute Gasteiger partial charge is 0.335 e. The number of aliphatic carboxylic acids is 2. The number of carbonyl (C=O) groups is 2. The molecule has 2 N–H and O–H groups in total. The molecule has 2 aliphatic carbocycles. The van der Waals surface area contributed by atoms with Crippen LogP contribution < -0.4 is 0 Å². The lowest BCUT2D eigenvalue weighted by Gasteiger charge is -2.18. The lowest BCUT2D eigenvalue weighted by molar-refractivity contribution is -0.139. The molecular weight excluding hydrogens is 623 g/mol. The molecule has 0 aliphatic heterocycles. The van der Waals surface area contributed by atoms with E-state index in [2.05, 4.69) is 0 Å². The molecule has 0 aromatic heterocycles. The van der Waals surface area contributed by atoms with Gasteiger partial charge >= 0.3 is 11.9 Å². The molecule has 1 atom stereocenters. The second-order valence-electron chi connectivity index (χ2n) is 11.1. The Bertz CT molecular complexity index is 1550. The zero-order valence-electron chi connectivity index (χ0n) is 23.6. The highest BCUT2D eigenvalue weighted by Crippen LogP contribution is 2.36. The van der Waals surface area contributed by atoms with E-state index in [4.69, 9.17) is 23.2 Å². The van der Waals surface area contributed by atoms with Gasteiger partial charge in [-0.1, -0.05) is 79.9 Å². The first-order chi connectivity index (χ1) is 19.6. The third kappa shape index (κ3) is 9.30. The summed E-state index contributed by atoms with van der Waals surface area (Å²) in [6.45, 7) is 0. The predicted molar refractivity (Wildman–Crippen MR) is 164 cm³/mol. The Morgan fingerprint density at radius 2 is 1.33 bits per heavy atom. The standard InChI is InChI=1S/C15H19ClO4S.C15H17ClO4S/c2*1-21(19,20)14-7-6-11(9-13(14)16)12(15(17)18)8-10-4-2-3-5-10/h6-7,9-10,12H,2-5,8H2,1H3,(H,17,18);6-10H,2-5H2,1H3,(H,17,18)/b;12-8+/t12-;/m1./s1. The maximum Gasteiger partial charge on any atom is 0.335 e. The van der Waals surface area contributed by atoms with E-state index >= 15 is 0 Å². The van der Waals surface area contributed by atoms with Gasteiger partial charge in [0.25, 0.3) is 0 Å². The molecule has 8 nitrogen and oxygen atoms in total. The zero-order valence-corrected chi connectivity index (χ0v) is 26.7. The molecule has 4 rings (SSSR count). The SMILES string of the molecule is CS(=O)(=O)c1ccc(/C(=C\C2CCCC2)C(=O)O)cc1Cl.CS(=O)(=O)c1ccc([C@@H](CC2CCCC2)C(=O)O)cc1Cl. The van der Waals surface area contributed by atoms with E-state index in [1.54, 1.807) is 12.1 Å². The molecule has 0 unspecified atom stereocenters. The van der Waals surface area contributed by atoms with Crippen molar-refractivity contribution in [3.05, 3.63) is 63.6 Å². The predicted octanol–water partition coefficient (Wildman–Crippen LogP) is 6.89. The van der Waals surface area contributed by atoms with Crippen molar-refractivity contribution in [2.24, 2.45) is 11.8 Å². The quantitative estimate of drug-likeness (QED) is 0.277. The van der Waals surface area contributed by atoms with Crippen LogP contribution >= 0.6 is 23.2 Å². The number of carboxylic acids is 2. The summed E-state index contributed by atoms with van der Waals surface area (Å²) < 4.78 is 46.2. The molecular formula is C30H36Cl2O8S2. The van der Waals surface area contributed by atoms with Crippen LogP contribution in [0.5, 0.6) is 0 Å². The van der Waals surface area contributed by atoms with Crippen molar-refractivity contribution in [2.75, 3.05) is 12.5 Å². The minimum atomic E-state index is -3.42. The van der Waals surface area contributed by atoms with Gasteiger partial charge in [-0.15, -0.1) is 0 Å². The molecule has 42 heavy (non-hydrogen) atoms. The lowest BCUT2D eigenvalue weighted by atomic mass is 9.88. The van der Waals surface area contributed by atoms with Crippen molar-refractivity contribution in [3.8, 4) is 0 Å². The fourth-order valence-corrected chi connectivity index (χ4v) is 8.28. The van der Waals surface area contributed by atoms with E-state index < -0.39 is 37.5 Å². The number of rotatable bonds is 9. The molecule has 230 valence electrons. The van der Waals surface area contributed by atoms with Gasteiger partial charge in [-0.2, -0.15) is 0 Å². The molecule has 0 heterocycles. The Hall–Kier alpha value is -2.40. The summed E-state index contributed by atoms with van der Waals surface area (Å²) in [7, 11) is -6.82. The van der Waals surface area contributed by atoms with Crippen LogP contribution in [0.25, 0.3) is 5.57 Å². The minimum Gasteiger partial charge on any atom is -0.481 e. The Balaban J connectivity index is 0.000000230. The lowest BCUT2D eigenvalue weighted by Crippen LogP contribution is -2.15. The third-order valence-electron chi connectivity index (χ3n) is 7.77. The number of allylic oxidation sites excluding steroid dienone is 1. The minimum absolute atomic E-state index is 0.0125. The van der Waals surface area contributed by atoms with Crippen LogP contribution in [0, 0.1) is 11.8 Å². The molecule has 0 saturated heterocycles. The molecule has 0 spiro atoms. The summed E-state index contributed by atoms with van der Waals surface area (Å²) in [5, 5.41) is 19.0. The molecule has 0 bridgehead atoms. The van der Waals surface area contributed by atoms with Crippen molar-refractivity contribution in [1.82, 2.24) is 0 Å². The highest BCUT2D eigenvalue weighted by Gasteiger charge is 2.27. The van der Waals surface area contributed by atoms with Crippen LogP contribution in [0.15, 0.2) is 52.3 Å². The average molecular weight is 660 g/mol. The first-order valence-corrected chi connectivity index (χ1v) is 18.3. The number of hydrogen-bond acceptors (Lipinski definition) is 6. The third-order valence-corrected chi connectivity index (χ3v) is 10.9. The maximum atomic E-state index is 11.5. The maximum absolute atomic E-state index is 11.5. The van der Waals surface area contributed by atoms with E-state index in [-0.39, 0.29) is 31.3 Å². The average Bonchev–Trinajstić information content (AvgIpc) is 3.58. The monoisotopic (exact) mass is 658 g/mol. The van der Waals surface area contributed by atoms with Gasteiger partial charge in [0.05, 0.1) is 31.3 Å². The van der Waals surface area contributed by atoms with Gasteiger partial charge in [-0.3, -0.25) is 4.79 Å². The summed E-state index contributed by atoms with van der Waals surface area (Å²) in [6, 6.07) is 8.71. The Kier molecular flexibility index (Phi) is 11.7. The van der Waals surface area contributed by atoms with Crippen molar-refractivity contribution in [2.45, 2.75) is 73.5 Å². The molecule has 2 fully saturated rings. The molecule has 2 aromatic carbocycles. The fourth-order valence-electron chi connectivity index (χ4n) is 5.61. The second kappa shape index (κ2) is 14.4. The van der Waals surface area contributed by atoms with Crippen LogP contribution in [0.1, 0.15) is 74.8 Å².